The van der Waals surface area contributed by atoms with Gasteiger partial charge in [-0.1, -0.05) is 17.9 Å². The van der Waals surface area contributed by atoms with Gasteiger partial charge in [0.1, 0.15) is 17.1 Å². The standard InChI is InChI=1S/C9H6ClFO/c10-6-2-3-7-8(11)4-1-5-9(7)12/h1,4-5,12H,6H2. The quantitative estimate of drug-likeness (QED) is 0.484. The Balaban J connectivity index is 3.13. The molecule has 0 fully saturated rings. The summed E-state index contributed by atoms with van der Waals surface area (Å²) in [5.74, 6) is 4.31. The van der Waals surface area contributed by atoms with Gasteiger partial charge in [0.25, 0.3) is 0 Å². The van der Waals surface area contributed by atoms with Crippen LogP contribution in [0.5, 0.6) is 5.75 Å². The number of phenols is 1. The summed E-state index contributed by atoms with van der Waals surface area (Å²) >= 11 is 5.28. The van der Waals surface area contributed by atoms with Crippen LogP contribution in [0.4, 0.5) is 4.39 Å². The first kappa shape index (κ1) is 8.89. The largest absolute Gasteiger partial charge is 0.507 e. The Morgan fingerprint density at radius 2 is 2.25 bits per heavy atom. The number of aromatic hydroxyl groups is 1. The van der Waals surface area contributed by atoms with E-state index < -0.39 is 5.82 Å². The van der Waals surface area contributed by atoms with Crippen molar-refractivity contribution < 1.29 is 9.50 Å². The zero-order valence-electron chi connectivity index (χ0n) is 6.14. The topological polar surface area (TPSA) is 20.2 Å². The Hall–Kier alpha value is -1.20. The number of hydrogen-bond donors (Lipinski definition) is 1. The fraction of sp³-hybridized carbons (Fsp3) is 0.111. The summed E-state index contributed by atoms with van der Waals surface area (Å²) in [6.45, 7) is 0. The third-order valence-corrected chi connectivity index (χ3v) is 1.41. The van der Waals surface area contributed by atoms with E-state index in [-0.39, 0.29) is 17.2 Å². The second kappa shape index (κ2) is 3.99. The monoisotopic (exact) mass is 184 g/mol. The summed E-state index contributed by atoms with van der Waals surface area (Å²) < 4.78 is 12.9. The third kappa shape index (κ3) is 1.90. The van der Waals surface area contributed by atoms with Crippen molar-refractivity contribution in [3.63, 3.8) is 0 Å². The van der Waals surface area contributed by atoms with E-state index in [1.165, 1.54) is 18.2 Å². The smallest absolute Gasteiger partial charge is 0.142 e. The molecule has 0 unspecified atom stereocenters. The minimum Gasteiger partial charge on any atom is -0.507 e. The molecule has 0 radical (unpaired) electrons. The third-order valence-electron chi connectivity index (χ3n) is 1.27. The maximum absolute atomic E-state index is 12.9. The highest BCUT2D eigenvalue weighted by Crippen LogP contribution is 2.17. The number of alkyl halides is 1. The average Bonchev–Trinajstić information content (AvgIpc) is 2.04. The van der Waals surface area contributed by atoms with Crippen molar-refractivity contribution in [1.29, 1.82) is 0 Å². The molecule has 12 heavy (non-hydrogen) atoms. The lowest BCUT2D eigenvalue weighted by molar-refractivity contribution is 0.467. The number of rotatable bonds is 0. The van der Waals surface area contributed by atoms with Crippen LogP contribution in [0.15, 0.2) is 18.2 Å². The predicted molar refractivity (Wildman–Crippen MR) is 45.7 cm³/mol. The van der Waals surface area contributed by atoms with Crippen LogP contribution in [0, 0.1) is 17.7 Å². The molecule has 0 saturated carbocycles. The molecule has 1 N–H and O–H groups in total. The molecule has 0 saturated heterocycles. The Bertz CT molecular complexity index is 318. The van der Waals surface area contributed by atoms with Crippen LogP contribution < -0.4 is 0 Å². The Labute approximate surface area is 74.8 Å². The lowest BCUT2D eigenvalue weighted by Crippen LogP contribution is -1.83. The van der Waals surface area contributed by atoms with Gasteiger partial charge in [-0.2, -0.15) is 0 Å². The molecule has 3 heteroatoms. The molecule has 1 nitrogen and oxygen atoms in total. The van der Waals surface area contributed by atoms with Crippen molar-refractivity contribution in [3.8, 4) is 17.6 Å². The molecular weight excluding hydrogens is 179 g/mol. The van der Waals surface area contributed by atoms with Crippen LogP contribution in [0.1, 0.15) is 5.56 Å². The van der Waals surface area contributed by atoms with E-state index in [9.17, 15) is 4.39 Å². The maximum Gasteiger partial charge on any atom is 0.142 e. The van der Waals surface area contributed by atoms with Crippen molar-refractivity contribution in [2.45, 2.75) is 0 Å². The number of halogens is 2. The second-order valence-electron chi connectivity index (χ2n) is 2.07. The molecule has 0 aliphatic heterocycles. The molecule has 1 aromatic rings. The van der Waals surface area contributed by atoms with Gasteiger partial charge >= 0.3 is 0 Å². The van der Waals surface area contributed by atoms with Crippen molar-refractivity contribution in [2.75, 3.05) is 5.88 Å². The van der Waals surface area contributed by atoms with Crippen LogP contribution in [0.2, 0.25) is 0 Å². The van der Waals surface area contributed by atoms with Gasteiger partial charge in [-0.15, -0.1) is 11.6 Å². The summed E-state index contributed by atoms with van der Waals surface area (Å²) in [4.78, 5) is 0. The lowest BCUT2D eigenvalue weighted by Gasteiger charge is -1.96. The van der Waals surface area contributed by atoms with E-state index in [2.05, 4.69) is 11.8 Å². The van der Waals surface area contributed by atoms with Crippen molar-refractivity contribution >= 4 is 11.6 Å². The first-order valence-corrected chi connectivity index (χ1v) is 3.81. The predicted octanol–water partition coefficient (Wildman–Crippen LogP) is 2.12. The van der Waals surface area contributed by atoms with Gasteiger partial charge in [0, 0.05) is 0 Å². The van der Waals surface area contributed by atoms with Crippen LogP contribution in [-0.4, -0.2) is 11.0 Å². The minimum atomic E-state index is -0.535. The summed E-state index contributed by atoms with van der Waals surface area (Å²) in [5.41, 5.74) is -0.00171. The molecule has 0 aliphatic rings. The molecule has 0 spiro atoms. The van der Waals surface area contributed by atoms with E-state index in [1.54, 1.807) is 0 Å². The SMILES string of the molecule is Oc1cccc(F)c1C#CCCl. The van der Waals surface area contributed by atoms with Gasteiger partial charge in [-0.3, -0.25) is 0 Å². The van der Waals surface area contributed by atoms with Gasteiger partial charge in [0.15, 0.2) is 0 Å². The molecular formula is C9H6ClFO. The molecule has 1 aromatic carbocycles. The zero-order chi connectivity index (χ0) is 8.97. The molecule has 1 rings (SSSR count). The molecule has 0 amide bonds. The normalized spacial score (nSPS) is 8.83. The first-order chi connectivity index (χ1) is 5.75. The van der Waals surface area contributed by atoms with E-state index >= 15 is 0 Å². The molecule has 0 bridgehead atoms. The van der Waals surface area contributed by atoms with Gasteiger partial charge in [0.2, 0.25) is 0 Å². The van der Waals surface area contributed by atoms with Gasteiger partial charge in [0.05, 0.1) is 5.88 Å². The highest BCUT2D eigenvalue weighted by molar-refractivity contribution is 6.19. The maximum atomic E-state index is 12.9. The van der Waals surface area contributed by atoms with Gasteiger partial charge in [-0.25, -0.2) is 4.39 Å². The second-order valence-corrected chi connectivity index (χ2v) is 2.34. The van der Waals surface area contributed by atoms with Crippen LogP contribution >= 0.6 is 11.6 Å². The molecule has 0 atom stereocenters. The van der Waals surface area contributed by atoms with Gasteiger partial charge < -0.3 is 5.11 Å². The molecule has 0 heterocycles. The van der Waals surface area contributed by atoms with Crippen molar-refractivity contribution in [2.24, 2.45) is 0 Å². The minimum absolute atomic E-state index is 0.00171. The van der Waals surface area contributed by atoms with Gasteiger partial charge in [-0.05, 0) is 12.1 Å². The Morgan fingerprint density at radius 1 is 1.50 bits per heavy atom. The summed E-state index contributed by atoms with van der Waals surface area (Å²) in [5, 5.41) is 9.13. The van der Waals surface area contributed by atoms with E-state index in [1.807, 2.05) is 0 Å². The zero-order valence-corrected chi connectivity index (χ0v) is 6.90. The van der Waals surface area contributed by atoms with Crippen molar-refractivity contribution in [3.05, 3.63) is 29.6 Å². The average molecular weight is 185 g/mol. The van der Waals surface area contributed by atoms with Crippen LogP contribution in [-0.2, 0) is 0 Å². The highest BCUT2D eigenvalue weighted by atomic mass is 35.5. The fourth-order valence-electron chi connectivity index (χ4n) is 0.758. The number of hydrogen-bond acceptors (Lipinski definition) is 1. The van der Waals surface area contributed by atoms with Crippen molar-refractivity contribution in [1.82, 2.24) is 0 Å². The Kier molecular flexibility index (Phi) is 2.95. The molecule has 62 valence electrons. The fourth-order valence-corrected chi connectivity index (χ4v) is 0.825. The number of phenolic OH excluding ortho intramolecular Hbond substituents is 1. The summed E-state index contributed by atoms with van der Waals surface area (Å²) in [6, 6.07) is 4.02. The first-order valence-electron chi connectivity index (χ1n) is 3.28. The summed E-state index contributed by atoms with van der Waals surface area (Å²) in [6.07, 6.45) is 0. The van der Waals surface area contributed by atoms with E-state index in [0.717, 1.165) is 0 Å². The molecule has 0 aromatic heterocycles. The van der Waals surface area contributed by atoms with E-state index in [4.69, 9.17) is 16.7 Å². The lowest BCUT2D eigenvalue weighted by atomic mass is 10.2. The van der Waals surface area contributed by atoms with E-state index in [0.29, 0.717) is 0 Å². The number of benzene rings is 1. The van der Waals surface area contributed by atoms with Crippen LogP contribution in [0.3, 0.4) is 0 Å². The molecule has 0 aliphatic carbocycles. The highest BCUT2D eigenvalue weighted by Gasteiger charge is 2.02. The van der Waals surface area contributed by atoms with Crippen LogP contribution in [0.25, 0.3) is 0 Å². The summed E-state index contributed by atoms with van der Waals surface area (Å²) in [7, 11) is 0. The Morgan fingerprint density at radius 3 is 2.83 bits per heavy atom.